The number of carbonyl (C=O) groups excluding carboxylic acids is 2. The fourth-order valence-corrected chi connectivity index (χ4v) is 4.31. The normalized spacial score (nSPS) is 14.6. The summed E-state index contributed by atoms with van der Waals surface area (Å²) in [4.78, 5) is 41.7. The number of ether oxygens (including phenoxy) is 2. The Morgan fingerprint density at radius 1 is 0.980 bits per heavy atom. The van der Waals surface area contributed by atoms with Gasteiger partial charge in [0.15, 0.2) is 0 Å². The highest BCUT2D eigenvalue weighted by atomic mass is 16.6. The number of nitrogens with zero attached hydrogens (tertiary/aromatic N) is 4. The molecule has 1 aromatic rings. The number of hydrazine groups is 1. The lowest BCUT2D eigenvalue weighted by Crippen LogP contribution is -2.54. The number of carbonyl (C=O) groups is 2. The summed E-state index contributed by atoms with van der Waals surface area (Å²) >= 11 is 0. The summed E-state index contributed by atoms with van der Waals surface area (Å²) in [5.41, 5.74) is 6.29. The van der Waals surface area contributed by atoms with Crippen LogP contribution in [0.3, 0.4) is 0 Å². The van der Waals surface area contributed by atoms with Crippen LogP contribution in [0.2, 0.25) is 0 Å². The molecule has 11 nitrogen and oxygen atoms in total. The number of hydrogen-bond donors (Lipinski definition) is 3. The zero-order valence-corrected chi connectivity index (χ0v) is 32.7. The van der Waals surface area contributed by atoms with E-state index >= 15 is 0 Å². The molecule has 1 saturated heterocycles. The van der Waals surface area contributed by atoms with Crippen molar-refractivity contribution in [1.82, 2.24) is 31.0 Å². The van der Waals surface area contributed by atoms with Crippen molar-refractivity contribution >= 4 is 23.3 Å². The van der Waals surface area contributed by atoms with Gasteiger partial charge in [-0.25, -0.2) is 20.2 Å². The number of amides is 2. The molecule has 0 aromatic carbocycles. The molecule has 0 spiro atoms. The minimum atomic E-state index is -1.05. The lowest BCUT2D eigenvalue weighted by molar-refractivity contribution is -0.128. The fourth-order valence-electron chi connectivity index (χ4n) is 4.31. The number of unbranched alkanes of at least 4 members (excludes halogenated alkanes) is 2. The van der Waals surface area contributed by atoms with E-state index in [2.05, 4.69) is 72.0 Å². The summed E-state index contributed by atoms with van der Waals surface area (Å²) < 4.78 is 11.0. The van der Waals surface area contributed by atoms with Crippen LogP contribution in [0.1, 0.15) is 113 Å². The molecule has 2 heterocycles. The van der Waals surface area contributed by atoms with Gasteiger partial charge in [-0.1, -0.05) is 84.8 Å². The Balaban J connectivity index is 0.00000270. The molecular weight excluding hydrogens is 630 g/mol. The molecule has 2 amide bonds. The van der Waals surface area contributed by atoms with E-state index in [-0.39, 0.29) is 5.91 Å². The largest absolute Gasteiger partial charge is 0.477 e. The molecule has 0 unspecified atom stereocenters. The van der Waals surface area contributed by atoms with E-state index < -0.39 is 17.1 Å². The number of aromatic nitrogens is 2. The van der Waals surface area contributed by atoms with Crippen molar-refractivity contribution in [1.29, 1.82) is 0 Å². The molecule has 0 saturated carbocycles. The van der Waals surface area contributed by atoms with Gasteiger partial charge in [0, 0.05) is 25.8 Å². The van der Waals surface area contributed by atoms with Crippen molar-refractivity contribution in [2.24, 2.45) is 10.4 Å². The van der Waals surface area contributed by atoms with E-state index in [0.29, 0.717) is 61.3 Å². The molecule has 1 aliphatic rings. The number of hydrogen-bond acceptors (Lipinski definition) is 9. The maximum atomic E-state index is 14.0. The van der Waals surface area contributed by atoms with E-state index in [0.717, 1.165) is 5.57 Å². The molecule has 1 aromatic heterocycles. The summed E-state index contributed by atoms with van der Waals surface area (Å²) in [6.07, 6.45) is 17.7. The molecule has 3 N–H and O–H groups in total. The lowest BCUT2D eigenvalue weighted by Gasteiger charge is -2.41. The molecule has 0 radical (unpaired) electrons. The number of likely N-dealkylation sites (tertiary alicyclic amines) is 1. The quantitative estimate of drug-likeness (QED) is 0.101. The molecular formula is C39H65N7O4. The third kappa shape index (κ3) is 16.9. The summed E-state index contributed by atoms with van der Waals surface area (Å²) in [5.74, 6) is 0.495. The summed E-state index contributed by atoms with van der Waals surface area (Å²) in [6.45, 7) is 28.9. The first-order valence-electron chi connectivity index (χ1n) is 17.8. The number of allylic oxidation sites excluding steroid dienone is 6. The lowest BCUT2D eigenvalue weighted by atomic mass is 9.73. The van der Waals surface area contributed by atoms with Crippen LogP contribution in [-0.2, 0) is 9.53 Å². The molecule has 1 fully saturated rings. The maximum Gasteiger partial charge on any atom is 0.410 e. The molecule has 0 atom stereocenters. The van der Waals surface area contributed by atoms with Crippen molar-refractivity contribution in [2.75, 3.05) is 26.7 Å². The third-order valence-corrected chi connectivity index (χ3v) is 7.29. The van der Waals surface area contributed by atoms with Gasteiger partial charge < -0.3 is 25.1 Å². The van der Waals surface area contributed by atoms with Crippen LogP contribution >= 0.6 is 0 Å². The van der Waals surface area contributed by atoms with E-state index in [9.17, 15) is 9.59 Å². The first-order valence-corrected chi connectivity index (χ1v) is 17.8. The van der Waals surface area contributed by atoms with Gasteiger partial charge in [0.1, 0.15) is 11.4 Å². The Kier molecular flexibility index (Phi) is 22.7. The van der Waals surface area contributed by atoms with Crippen LogP contribution in [-0.4, -0.2) is 64.9 Å². The van der Waals surface area contributed by atoms with Crippen LogP contribution in [0.25, 0.3) is 5.57 Å². The van der Waals surface area contributed by atoms with Crippen LogP contribution in [0, 0.1) is 5.41 Å². The molecule has 0 aliphatic carbocycles. The van der Waals surface area contributed by atoms with E-state index in [1.54, 1.807) is 42.6 Å². The Hall–Kier alpha value is -4.25. The zero-order chi connectivity index (χ0) is 38.2. The molecule has 2 rings (SSSR count). The van der Waals surface area contributed by atoms with Crippen molar-refractivity contribution < 1.29 is 19.1 Å². The smallest absolute Gasteiger partial charge is 0.410 e. The Morgan fingerprint density at radius 2 is 1.58 bits per heavy atom. The van der Waals surface area contributed by atoms with Crippen molar-refractivity contribution in [3.63, 3.8) is 0 Å². The Bertz CT molecular complexity index is 1310. The van der Waals surface area contributed by atoms with Gasteiger partial charge in [-0.3, -0.25) is 9.78 Å². The number of nitrogens with one attached hydrogen (secondary N) is 3. The number of piperidine rings is 1. The monoisotopic (exact) mass is 696 g/mol. The van der Waals surface area contributed by atoms with Crippen molar-refractivity contribution in [2.45, 2.75) is 113 Å². The number of aliphatic imine (C=N–C) groups is 1. The third-order valence-electron chi connectivity index (χ3n) is 7.29. The van der Waals surface area contributed by atoms with Gasteiger partial charge in [0.05, 0.1) is 35.8 Å². The van der Waals surface area contributed by atoms with E-state index in [4.69, 9.17) is 9.47 Å². The van der Waals surface area contributed by atoms with Gasteiger partial charge in [-0.05, 0) is 72.1 Å². The second kappa shape index (κ2) is 24.8. The van der Waals surface area contributed by atoms with Gasteiger partial charge in [0.2, 0.25) is 11.8 Å². The second-order valence-corrected chi connectivity index (χ2v) is 12.6. The molecule has 0 bridgehead atoms. The van der Waals surface area contributed by atoms with Gasteiger partial charge in [-0.2, -0.15) is 0 Å². The van der Waals surface area contributed by atoms with E-state index in [1.165, 1.54) is 25.7 Å². The average Bonchev–Trinajstić information content (AvgIpc) is 3.08. The molecule has 280 valence electrons. The van der Waals surface area contributed by atoms with Gasteiger partial charge in [0.25, 0.3) is 0 Å². The van der Waals surface area contributed by atoms with Crippen LogP contribution in [0.5, 0.6) is 5.88 Å². The molecule has 11 heteroatoms. The molecule has 50 heavy (non-hydrogen) atoms. The maximum absolute atomic E-state index is 14.0. The summed E-state index contributed by atoms with van der Waals surface area (Å²) in [6, 6.07) is 0. The van der Waals surface area contributed by atoms with Gasteiger partial charge in [-0.15, -0.1) is 0 Å². The number of rotatable bonds is 14. The topological polar surface area (TPSA) is 130 Å². The Morgan fingerprint density at radius 3 is 2.06 bits per heavy atom. The Labute approximate surface area is 302 Å². The zero-order valence-electron chi connectivity index (χ0n) is 32.7. The van der Waals surface area contributed by atoms with Crippen LogP contribution in [0.4, 0.5) is 4.79 Å². The predicted molar refractivity (Wildman–Crippen MR) is 207 cm³/mol. The van der Waals surface area contributed by atoms with Crippen LogP contribution < -0.4 is 20.9 Å². The summed E-state index contributed by atoms with van der Waals surface area (Å²) in [7, 11) is 1.70. The predicted octanol–water partition coefficient (Wildman–Crippen LogP) is 8.31. The SMILES string of the molecule is C=C(/C=C\C(=C/C)c1cncc(OCC)n1)NC(=O)C1(C(/C=C\C)=N/C(=C)NNC)CCN(C(=O)OC(C)(C)C)CC1.CCCC.CCCC. The highest BCUT2D eigenvalue weighted by Crippen LogP contribution is 2.36. The second-order valence-electron chi connectivity index (χ2n) is 12.6. The first-order chi connectivity index (χ1) is 23.7. The summed E-state index contributed by atoms with van der Waals surface area (Å²) in [5, 5.41) is 2.96. The highest BCUT2D eigenvalue weighted by molar-refractivity contribution is 6.14. The highest BCUT2D eigenvalue weighted by Gasteiger charge is 2.46. The minimum Gasteiger partial charge on any atom is -0.477 e. The van der Waals surface area contributed by atoms with E-state index in [1.807, 2.05) is 53.7 Å². The fraction of sp³-hybridized carbons (Fsp3) is 0.564. The van der Waals surface area contributed by atoms with Crippen molar-refractivity contribution in [3.05, 3.63) is 73.1 Å². The minimum absolute atomic E-state index is 0.282. The van der Waals surface area contributed by atoms with Crippen molar-refractivity contribution in [3.8, 4) is 5.88 Å². The first kappa shape index (κ1) is 45.8. The standard InChI is InChI=1S/C31H45N7O4.2C4H10/c1-10-13-26(35-23(5)37-32-9)31(16-18-38(19-17-31)29(40)42-30(6,7)8)28(39)34-22(4)14-15-24(11-2)25-20-33-21-27(36-25)41-12-3;2*1-3-4-2/h10-11,13-15,20-21,32,37H,4-5,12,16-19H2,1-3,6-9H3,(H,34,39);2*3-4H2,1-2H3/b13-10-,15-14-,24-11+,35-26+;;. The average molecular weight is 696 g/mol. The molecule has 1 aliphatic heterocycles. The van der Waals surface area contributed by atoms with Crippen LogP contribution in [0.15, 0.2) is 72.4 Å². The van der Waals surface area contributed by atoms with Gasteiger partial charge >= 0.3 is 6.09 Å².